The quantitative estimate of drug-likeness (QED) is 0.120. The highest BCUT2D eigenvalue weighted by Crippen LogP contribution is 2.56. The van der Waals surface area contributed by atoms with E-state index in [2.05, 4.69) is 58.9 Å². The van der Waals surface area contributed by atoms with Crippen LogP contribution in [0.5, 0.6) is 17.2 Å². The molecular weight excluding hydrogens is 895 g/mol. The van der Waals surface area contributed by atoms with Gasteiger partial charge in [-0.3, -0.25) is 9.59 Å². The van der Waals surface area contributed by atoms with E-state index in [0.29, 0.717) is 80.5 Å². The zero-order chi connectivity index (χ0) is 47.6. The predicted octanol–water partition coefficient (Wildman–Crippen LogP) is 8.54. The molecule has 67 heavy (non-hydrogen) atoms. The van der Waals surface area contributed by atoms with Gasteiger partial charge in [0.2, 0.25) is 5.95 Å². The summed E-state index contributed by atoms with van der Waals surface area (Å²) in [5, 5.41) is 13.4. The zero-order valence-electron chi connectivity index (χ0n) is 38.1. The van der Waals surface area contributed by atoms with Crippen LogP contribution < -0.4 is 30.1 Å². The Labute approximate surface area is 393 Å². The van der Waals surface area contributed by atoms with Crippen LogP contribution in [0.3, 0.4) is 0 Å². The Morgan fingerprint density at radius 1 is 0.970 bits per heavy atom. The summed E-state index contributed by atoms with van der Waals surface area (Å²) >= 11 is 6.25. The van der Waals surface area contributed by atoms with Crippen molar-refractivity contribution >= 4 is 49.9 Å². The summed E-state index contributed by atoms with van der Waals surface area (Å²) in [5.74, 6) is 1.55. The molecule has 1 saturated carbocycles. The number of H-pyrrole nitrogens is 1. The minimum atomic E-state index is -3.60. The van der Waals surface area contributed by atoms with E-state index < -0.39 is 26.5 Å². The van der Waals surface area contributed by atoms with Crippen LogP contribution >= 0.6 is 11.6 Å². The van der Waals surface area contributed by atoms with Gasteiger partial charge in [-0.25, -0.2) is 22.8 Å². The first-order chi connectivity index (χ1) is 31.8. The van der Waals surface area contributed by atoms with E-state index >= 15 is 4.39 Å². The number of anilines is 2. The van der Waals surface area contributed by atoms with Gasteiger partial charge in [0.15, 0.2) is 21.4 Å². The number of nitrogens with zero attached hydrogens (tertiary/aromatic N) is 6. The monoisotopic (exact) mass is 946 g/mol. The van der Waals surface area contributed by atoms with Gasteiger partial charge >= 0.3 is 0 Å². The number of piperidine rings is 1. The third-order valence-corrected chi connectivity index (χ3v) is 15.3. The summed E-state index contributed by atoms with van der Waals surface area (Å²) in [4.78, 5) is 42.7. The predicted molar refractivity (Wildman–Crippen MR) is 255 cm³/mol. The number of rotatable bonds is 12. The van der Waals surface area contributed by atoms with Crippen LogP contribution in [0, 0.1) is 39.8 Å². The summed E-state index contributed by atoms with van der Waals surface area (Å²) < 4.78 is 55.5. The maximum absolute atomic E-state index is 16.3. The molecule has 3 aliphatic rings. The van der Waals surface area contributed by atoms with Gasteiger partial charge in [0, 0.05) is 104 Å². The number of sulfone groups is 1. The number of nitriles is 1. The van der Waals surface area contributed by atoms with E-state index in [1.807, 2.05) is 4.90 Å². The first kappa shape index (κ1) is 45.7. The molecule has 0 unspecified atom stereocenters. The highest BCUT2D eigenvalue weighted by Gasteiger charge is 2.64. The first-order valence-electron chi connectivity index (χ1n) is 22.3. The van der Waals surface area contributed by atoms with Crippen LogP contribution in [-0.4, -0.2) is 78.4 Å². The molecular formula is C50H52ClFN8O6S. The molecule has 0 radical (unpaired) electrons. The maximum Gasteiger partial charge on any atom is 0.274 e. The normalized spacial score (nSPS) is 19.3. The molecule has 0 spiro atoms. The van der Waals surface area contributed by atoms with Crippen molar-refractivity contribution in [3.8, 4) is 34.4 Å². The van der Waals surface area contributed by atoms with Gasteiger partial charge in [0.25, 0.3) is 11.5 Å². The van der Waals surface area contributed by atoms with Gasteiger partial charge in [0.05, 0.1) is 26.7 Å². The standard InChI is InChI=1S/C50H52ClFN8O6S/c1-49(2)46(50(3,4)47(49)65-33-11-10-31(23-53)38(51)21-33)57-44(61)32-24-55-48(56-25-32)59-18-15-29(16-19-59)20-30-26-60(27-30)39-8-7-9-41(42(39)52)66-40-13-12-34(67(6,63)64)22-36(40)37-28-58(5)45(62)43-35(37)14-17-54-43/h7-14,17,21-22,24-25,28-30,46-47,54H,15-16,18-20,26-27H2,1-6H3,(H,57,61). The number of amides is 1. The summed E-state index contributed by atoms with van der Waals surface area (Å²) in [7, 11) is -1.99. The number of benzene rings is 3. The Bertz CT molecular complexity index is 3100. The number of aromatic nitrogens is 4. The average Bonchev–Trinajstić information content (AvgIpc) is 3.79. The zero-order valence-corrected chi connectivity index (χ0v) is 39.7. The number of hydrogen-bond donors (Lipinski definition) is 2. The number of aromatic amines is 1. The van der Waals surface area contributed by atoms with E-state index in [1.54, 1.807) is 74.3 Å². The van der Waals surface area contributed by atoms with Crippen molar-refractivity contribution in [3.63, 3.8) is 0 Å². The van der Waals surface area contributed by atoms with Gasteiger partial charge in [0.1, 0.15) is 29.2 Å². The van der Waals surface area contributed by atoms with Gasteiger partial charge in [-0.2, -0.15) is 5.26 Å². The van der Waals surface area contributed by atoms with Crippen LogP contribution in [0.1, 0.15) is 62.9 Å². The fraction of sp³-hybridized carbons (Fsp3) is 0.380. The minimum Gasteiger partial charge on any atom is -0.489 e. The van der Waals surface area contributed by atoms with Crippen molar-refractivity contribution in [1.82, 2.24) is 24.8 Å². The summed E-state index contributed by atoms with van der Waals surface area (Å²) in [6.45, 7) is 11.2. The third kappa shape index (κ3) is 8.59. The lowest BCUT2D eigenvalue weighted by atomic mass is 9.49. The average molecular weight is 948 g/mol. The molecule has 5 heterocycles. The molecule has 3 aromatic carbocycles. The number of hydrogen-bond acceptors (Lipinski definition) is 11. The molecule has 9 rings (SSSR count). The lowest BCUT2D eigenvalue weighted by Gasteiger charge is -2.63. The Kier molecular flexibility index (Phi) is 11.8. The van der Waals surface area contributed by atoms with Crippen molar-refractivity contribution < 1.29 is 27.1 Å². The van der Waals surface area contributed by atoms with Gasteiger partial charge in [-0.15, -0.1) is 0 Å². The van der Waals surface area contributed by atoms with Crippen LogP contribution in [0.2, 0.25) is 5.02 Å². The second-order valence-electron chi connectivity index (χ2n) is 19.4. The fourth-order valence-corrected chi connectivity index (χ4v) is 11.5. The number of carbonyl (C=O) groups excluding carboxylic acids is 1. The summed E-state index contributed by atoms with van der Waals surface area (Å²) in [5.41, 5.74) is 1.47. The molecule has 2 N–H and O–H groups in total. The Morgan fingerprint density at radius 3 is 2.36 bits per heavy atom. The maximum atomic E-state index is 16.3. The summed E-state index contributed by atoms with van der Waals surface area (Å²) in [6.07, 6.45) is 10.3. The van der Waals surface area contributed by atoms with Crippen molar-refractivity contribution in [2.45, 2.75) is 64.0 Å². The van der Waals surface area contributed by atoms with Gasteiger partial charge < -0.3 is 34.1 Å². The fourth-order valence-electron chi connectivity index (χ4n) is 10.6. The molecule has 14 nitrogen and oxygen atoms in total. The largest absolute Gasteiger partial charge is 0.489 e. The van der Waals surface area contributed by atoms with Crippen LogP contribution in [0.4, 0.5) is 16.0 Å². The van der Waals surface area contributed by atoms with Gasteiger partial charge in [-0.1, -0.05) is 45.4 Å². The highest BCUT2D eigenvalue weighted by atomic mass is 35.5. The van der Waals surface area contributed by atoms with Crippen molar-refractivity contribution in [2.24, 2.45) is 29.7 Å². The van der Waals surface area contributed by atoms with Crippen molar-refractivity contribution in [3.05, 3.63) is 118 Å². The molecule has 3 fully saturated rings. The molecule has 1 aliphatic carbocycles. The van der Waals surface area contributed by atoms with Crippen LogP contribution in [0.15, 0.2) is 95.1 Å². The van der Waals surface area contributed by atoms with E-state index in [-0.39, 0.29) is 40.0 Å². The van der Waals surface area contributed by atoms with Crippen LogP contribution in [0.25, 0.3) is 22.0 Å². The van der Waals surface area contributed by atoms with E-state index in [1.165, 1.54) is 22.8 Å². The number of aryl methyl sites for hydroxylation is 1. The minimum absolute atomic E-state index is 0.00551. The second kappa shape index (κ2) is 17.3. The van der Waals surface area contributed by atoms with Crippen molar-refractivity contribution in [2.75, 3.05) is 42.2 Å². The lowest BCUT2D eigenvalue weighted by molar-refractivity contribution is -0.164. The third-order valence-electron chi connectivity index (χ3n) is 13.9. The van der Waals surface area contributed by atoms with Crippen LogP contribution in [-0.2, 0) is 16.9 Å². The molecule has 0 bridgehead atoms. The number of ether oxygens (including phenoxy) is 2. The van der Waals surface area contributed by atoms with E-state index in [4.69, 9.17) is 21.1 Å². The number of fused-ring (bicyclic) bond motifs is 1. The Balaban J connectivity index is 0.780. The highest BCUT2D eigenvalue weighted by molar-refractivity contribution is 7.90. The Morgan fingerprint density at radius 2 is 1.69 bits per heavy atom. The molecule has 17 heteroatoms. The SMILES string of the molecule is Cn1cc(-c2cc(S(C)(=O)=O)ccc2Oc2cccc(N3CC(CC4CCN(c5ncc(C(=O)NC6C(C)(C)C(Oc7ccc(C#N)c(Cl)c7)C6(C)C)cn5)CC4)C3)c2F)c2cc[nH]c2c1=O. The van der Waals surface area contributed by atoms with Crippen molar-refractivity contribution in [1.29, 1.82) is 5.26 Å². The molecule has 2 saturated heterocycles. The molecule has 348 valence electrons. The molecule has 1 amide bonds. The topological polar surface area (TPSA) is 176 Å². The summed E-state index contributed by atoms with van der Waals surface area (Å²) in [6, 6.07) is 18.1. The Hall–Kier alpha value is -6.44. The number of nitrogens with one attached hydrogen (secondary N) is 2. The lowest BCUT2D eigenvalue weighted by Crippen LogP contribution is -2.74. The number of carbonyl (C=O) groups is 1. The molecule has 3 aromatic heterocycles. The van der Waals surface area contributed by atoms with E-state index in [9.17, 15) is 23.3 Å². The van der Waals surface area contributed by atoms with Gasteiger partial charge in [-0.05, 0) is 79.6 Å². The molecule has 2 aliphatic heterocycles. The smallest absolute Gasteiger partial charge is 0.274 e. The number of pyridine rings is 1. The molecule has 0 atom stereocenters. The second-order valence-corrected chi connectivity index (χ2v) is 21.8. The van der Waals surface area contributed by atoms with E-state index in [0.717, 1.165) is 38.6 Å². The number of halogens is 2. The first-order valence-corrected chi connectivity index (χ1v) is 24.6. The molecule has 6 aromatic rings.